The maximum absolute atomic E-state index is 13.2. The van der Waals surface area contributed by atoms with Crippen LogP contribution < -0.4 is 0 Å². The Morgan fingerprint density at radius 3 is 2.33 bits per heavy atom. The third-order valence-corrected chi connectivity index (χ3v) is 7.07. The summed E-state index contributed by atoms with van der Waals surface area (Å²) in [5.41, 5.74) is -1.92. The van der Waals surface area contributed by atoms with Crippen LogP contribution in [0.5, 0.6) is 0 Å². The van der Waals surface area contributed by atoms with E-state index in [9.17, 15) is 14.7 Å². The van der Waals surface area contributed by atoms with Crippen molar-refractivity contribution in [3.63, 3.8) is 0 Å². The fraction of sp³-hybridized carbons (Fsp3) is 0.500. The van der Waals surface area contributed by atoms with E-state index < -0.39 is 79.2 Å². The van der Waals surface area contributed by atoms with Gasteiger partial charge in [0.1, 0.15) is 0 Å². The molecule has 134 valence electrons. The SMILES string of the molecule is [2H]C([2H])([2H])C([2H])([2H])C([2H])([2H])C([2H])([2H])C([2H])(C([2H])([2H])OC(=O)c1c(Br)c(Br)c(Br)c(Br)c1C(=O)O)C([2H])([2H])C([2H])([2H])[2H]. The molecule has 1 aromatic rings. The number of carbonyl (C=O) groups excluding carboxylic acids is 1. The van der Waals surface area contributed by atoms with Gasteiger partial charge in [0.15, 0.2) is 0 Å². The molecule has 4 nitrogen and oxygen atoms in total. The van der Waals surface area contributed by atoms with Gasteiger partial charge in [-0.3, -0.25) is 0 Å². The first-order valence-corrected chi connectivity index (χ1v) is 8.72. The predicted octanol–water partition coefficient (Wildman–Crippen LogP) is 6.81. The van der Waals surface area contributed by atoms with Gasteiger partial charge in [0.2, 0.25) is 0 Å². The van der Waals surface area contributed by atoms with E-state index in [4.69, 9.17) is 23.3 Å². The van der Waals surface area contributed by atoms with Crippen molar-refractivity contribution >= 4 is 75.7 Å². The van der Waals surface area contributed by atoms with Gasteiger partial charge in [0.05, 0.1) is 20.4 Å². The van der Waals surface area contributed by atoms with Crippen LogP contribution >= 0.6 is 63.7 Å². The number of carbonyl (C=O) groups is 2. The molecule has 0 aliphatic heterocycles. The Kier molecular flexibility index (Phi) is 3.26. The van der Waals surface area contributed by atoms with Gasteiger partial charge in [-0.05, 0) is 76.0 Å². The molecule has 1 rings (SSSR count). The summed E-state index contributed by atoms with van der Waals surface area (Å²) in [5.74, 6) is -8.66. The number of halogens is 4. The number of hydrogen-bond acceptors (Lipinski definition) is 3. The number of ether oxygens (including phenoxy) is 1. The summed E-state index contributed by atoms with van der Waals surface area (Å²) in [7, 11) is 0. The summed E-state index contributed by atoms with van der Waals surface area (Å²) in [4.78, 5) is 25.2. The van der Waals surface area contributed by atoms with Gasteiger partial charge < -0.3 is 9.84 Å². The molecule has 0 aromatic heterocycles. The Hall–Kier alpha value is 0.0800. The summed E-state index contributed by atoms with van der Waals surface area (Å²) in [6.45, 7) is -12.8. The minimum Gasteiger partial charge on any atom is -0.478 e. The normalized spacial score (nSPS) is 27.9. The van der Waals surface area contributed by atoms with Crippen molar-refractivity contribution in [1.82, 2.24) is 0 Å². The third kappa shape index (κ3) is 5.29. The van der Waals surface area contributed by atoms with Crippen molar-refractivity contribution < 1.29 is 42.7 Å². The van der Waals surface area contributed by atoms with Crippen LogP contribution in [0.25, 0.3) is 0 Å². The summed E-state index contributed by atoms with van der Waals surface area (Å²) in [6, 6.07) is 0. The molecule has 0 aliphatic carbocycles. The van der Waals surface area contributed by atoms with E-state index >= 15 is 0 Å². The summed E-state index contributed by atoms with van der Waals surface area (Å²) in [6.07, 6.45) is -18.2. The van der Waals surface area contributed by atoms with Gasteiger partial charge in [-0.1, -0.05) is 32.8 Å². The quantitative estimate of drug-likeness (QED) is 0.200. The number of carboxylic acids is 1. The minimum atomic E-state index is -4.81. The monoisotopic (exact) mass is 607 g/mol. The lowest BCUT2D eigenvalue weighted by Gasteiger charge is -2.17. The molecular weight excluding hydrogens is 576 g/mol. The maximum Gasteiger partial charge on any atom is 0.340 e. The molecule has 0 amide bonds. The number of benzene rings is 1. The molecule has 0 radical (unpaired) electrons. The number of carboxylic acid groups (broad SMARTS) is 1. The lowest BCUT2D eigenvalue weighted by molar-refractivity contribution is 0.0419. The molecule has 0 aliphatic rings. The van der Waals surface area contributed by atoms with E-state index in [-0.39, 0.29) is 13.4 Å². The molecule has 0 heterocycles. The second kappa shape index (κ2) is 10.3. The highest BCUT2D eigenvalue weighted by Crippen LogP contribution is 2.42. The van der Waals surface area contributed by atoms with Gasteiger partial charge in [-0.25, -0.2) is 9.59 Å². The zero-order valence-electron chi connectivity index (χ0n) is 28.2. The highest BCUT2D eigenvalue weighted by Gasteiger charge is 2.29. The van der Waals surface area contributed by atoms with Crippen molar-refractivity contribution in [2.75, 3.05) is 6.56 Å². The van der Waals surface area contributed by atoms with Gasteiger partial charge in [-0.15, -0.1) is 0 Å². The first-order chi connectivity index (χ1) is 17.7. The second-order valence-corrected chi connectivity index (χ2v) is 6.85. The molecule has 0 saturated heterocycles. The topological polar surface area (TPSA) is 63.6 Å². The van der Waals surface area contributed by atoms with Crippen LogP contribution in [0.4, 0.5) is 0 Å². The molecule has 24 heavy (non-hydrogen) atoms. The smallest absolute Gasteiger partial charge is 0.340 e. The number of hydrogen-bond donors (Lipinski definition) is 1. The van der Waals surface area contributed by atoms with E-state index in [1.165, 1.54) is 0 Å². The second-order valence-electron chi connectivity index (χ2n) is 3.68. The average molecular weight is 611 g/mol. The maximum atomic E-state index is 13.2. The highest BCUT2D eigenvalue weighted by molar-refractivity contribution is 9.15. The summed E-state index contributed by atoms with van der Waals surface area (Å²) in [5, 5.41) is 9.67. The fourth-order valence-corrected chi connectivity index (χ4v) is 3.80. The predicted molar refractivity (Wildman–Crippen MR) is 108 cm³/mol. The molecule has 8 heteroatoms. The van der Waals surface area contributed by atoms with Crippen molar-refractivity contribution in [3.05, 3.63) is 29.0 Å². The van der Waals surface area contributed by atoms with E-state index in [1.807, 2.05) is 0 Å². The number of aromatic carboxylic acids is 1. The first-order valence-electron chi connectivity index (χ1n) is 14.0. The molecule has 1 aromatic carbocycles. The van der Waals surface area contributed by atoms with E-state index in [0.717, 1.165) is 0 Å². The van der Waals surface area contributed by atoms with Gasteiger partial charge in [0, 0.05) is 38.5 Å². The Morgan fingerprint density at radius 2 is 1.79 bits per heavy atom. The lowest BCUT2D eigenvalue weighted by Crippen LogP contribution is -2.18. The molecular formula is C16H18Br4O4. The number of rotatable bonds is 8. The van der Waals surface area contributed by atoms with Crippen LogP contribution in [0.2, 0.25) is 0 Å². The fourth-order valence-electron chi connectivity index (χ4n) is 1.35. The molecule has 0 saturated carbocycles. The van der Waals surface area contributed by atoms with Crippen molar-refractivity contribution in [1.29, 1.82) is 0 Å². The highest BCUT2D eigenvalue weighted by atomic mass is 79.9. The van der Waals surface area contributed by atoms with Crippen LogP contribution in [-0.4, -0.2) is 23.6 Å². The van der Waals surface area contributed by atoms with Gasteiger partial charge in [-0.2, -0.15) is 0 Å². The van der Waals surface area contributed by atoms with E-state index in [2.05, 4.69) is 68.5 Å². The van der Waals surface area contributed by atoms with Crippen molar-refractivity contribution in [3.8, 4) is 0 Å². The standard InChI is InChI=1S/C16H18Br4O4/c1-3-5-6-8(4-2)7-24-16(23)10-9(15(21)22)11(17)13(19)14(20)12(10)18/h8H,3-7H2,1-2H3,(H,21,22)/i1D3,2D3,3D2,4D2,5D2,6D2,7D2,8D. The molecule has 1 atom stereocenters. The Balaban J connectivity index is 4.18. The first kappa shape index (κ1) is 7.60. The van der Waals surface area contributed by atoms with Crippen LogP contribution in [0, 0.1) is 5.89 Å². The Labute approximate surface area is 199 Å². The molecule has 1 N–H and O–H groups in total. The van der Waals surface area contributed by atoms with Crippen LogP contribution in [0.1, 0.15) is 83.2 Å². The molecule has 0 fully saturated rings. The van der Waals surface area contributed by atoms with Gasteiger partial charge >= 0.3 is 11.9 Å². The van der Waals surface area contributed by atoms with Crippen LogP contribution in [0.15, 0.2) is 17.9 Å². The molecule has 1 unspecified atom stereocenters. The van der Waals surface area contributed by atoms with Crippen molar-refractivity contribution in [2.45, 2.75) is 39.2 Å². The van der Waals surface area contributed by atoms with E-state index in [0.29, 0.717) is 0 Å². The Bertz CT molecular complexity index is 1240. The zero-order chi connectivity index (χ0) is 33.3. The average Bonchev–Trinajstić information content (AvgIpc) is 2.76. The molecule has 0 spiro atoms. The summed E-state index contributed by atoms with van der Waals surface area (Å²) < 4.78 is 138. The number of esters is 1. The van der Waals surface area contributed by atoms with E-state index in [1.54, 1.807) is 0 Å². The zero-order valence-corrected chi connectivity index (χ0v) is 17.5. The molecule has 0 bridgehead atoms. The lowest BCUT2D eigenvalue weighted by atomic mass is 10.0. The van der Waals surface area contributed by atoms with Crippen molar-refractivity contribution in [2.24, 2.45) is 5.89 Å². The third-order valence-electron chi connectivity index (χ3n) is 2.31. The van der Waals surface area contributed by atoms with Gasteiger partial charge in [0.25, 0.3) is 0 Å². The van der Waals surface area contributed by atoms with Crippen LogP contribution in [-0.2, 0) is 4.74 Å². The minimum absolute atomic E-state index is 0.0198. The van der Waals surface area contributed by atoms with Crippen LogP contribution in [0.3, 0.4) is 0 Å². The largest absolute Gasteiger partial charge is 0.478 e. The Morgan fingerprint density at radius 1 is 1.17 bits per heavy atom. The summed E-state index contributed by atoms with van der Waals surface area (Å²) >= 11 is 11.8.